The molecular formula is C15H18N6O2S. The Balaban J connectivity index is 1.77. The lowest BCUT2D eigenvalue weighted by atomic mass is 10.2. The molecule has 0 bridgehead atoms. The summed E-state index contributed by atoms with van der Waals surface area (Å²) < 4.78 is 12.0. The quantitative estimate of drug-likeness (QED) is 0.536. The molecule has 2 heterocycles. The maximum atomic E-state index is 6.13. The van der Waals surface area contributed by atoms with E-state index < -0.39 is 0 Å². The molecule has 0 amide bonds. The van der Waals surface area contributed by atoms with E-state index in [2.05, 4.69) is 20.3 Å². The molecule has 1 aromatic carbocycles. The highest BCUT2D eigenvalue weighted by atomic mass is 32.2. The molecule has 0 aliphatic rings. The summed E-state index contributed by atoms with van der Waals surface area (Å²) in [6.07, 6.45) is 0. The number of thioether (sulfide) groups is 1. The van der Waals surface area contributed by atoms with E-state index in [1.807, 2.05) is 38.1 Å². The summed E-state index contributed by atoms with van der Waals surface area (Å²) in [6, 6.07) is 7.52. The molecule has 0 saturated heterocycles. The third-order valence-corrected chi connectivity index (χ3v) is 4.26. The summed E-state index contributed by atoms with van der Waals surface area (Å²) in [5.41, 5.74) is 0.781. The first kappa shape index (κ1) is 16.3. The second kappa shape index (κ2) is 6.91. The summed E-state index contributed by atoms with van der Waals surface area (Å²) in [5.74, 6) is 9.27. The number of ether oxygens (including phenoxy) is 1. The summed E-state index contributed by atoms with van der Waals surface area (Å²) in [4.78, 5) is 4.33. The Morgan fingerprint density at radius 1 is 1.29 bits per heavy atom. The van der Waals surface area contributed by atoms with Gasteiger partial charge in [-0.15, -0.1) is 10.2 Å². The summed E-state index contributed by atoms with van der Waals surface area (Å²) >= 11 is 1.39. The number of benzene rings is 1. The number of rotatable bonds is 6. The average Bonchev–Trinajstić information content (AvgIpc) is 3.20. The Morgan fingerprint density at radius 2 is 2.08 bits per heavy atom. The molecule has 0 spiro atoms. The van der Waals surface area contributed by atoms with Gasteiger partial charge >= 0.3 is 0 Å². The fraction of sp³-hybridized carbons (Fsp3) is 0.333. The fourth-order valence-corrected chi connectivity index (χ4v) is 2.78. The van der Waals surface area contributed by atoms with Crippen LogP contribution < -0.4 is 10.6 Å². The van der Waals surface area contributed by atoms with Gasteiger partial charge in [-0.25, -0.2) is 4.68 Å². The van der Waals surface area contributed by atoms with Crippen LogP contribution in [0, 0.1) is 0 Å². The van der Waals surface area contributed by atoms with E-state index >= 15 is 0 Å². The van der Waals surface area contributed by atoms with Crippen molar-refractivity contribution >= 4 is 11.8 Å². The van der Waals surface area contributed by atoms with Gasteiger partial charge in [-0.3, -0.25) is 0 Å². The van der Waals surface area contributed by atoms with E-state index in [-0.39, 0.29) is 5.92 Å². The van der Waals surface area contributed by atoms with Crippen LogP contribution in [0.15, 0.2) is 33.9 Å². The van der Waals surface area contributed by atoms with Crippen LogP contribution in [0.4, 0.5) is 0 Å². The molecule has 2 aromatic heterocycles. The van der Waals surface area contributed by atoms with Crippen molar-refractivity contribution in [2.24, 2.45) is 0 Å². The molecule has 3 rings (SSSR count). The predicted molar refractivity (Wildman–Crippen MR) is 90.1 cm³/mol. The molecule has 0 aliphatic carbocycles. The van der Waals surface area contributed by atoms with Gasteiger partial charge in [-0.2, -0.15) is 4.98 Å². The minimum Gasteiger partial charge on any atom is -0.496 e. The molecule has 0 saturated carbocycles. The van der Waals surface area contributed by atoms with E-state index in [9.17, 15) is 0 Å². The molecule has 0 unspecified atom stereocenters. The lowest BCUT2D eigenvalue weighted by molar-refractivity contribution is 0.362. The zero-order valence-corrected chi connectivity index (χ0v) is 14.4. The lowest BCUT2D eigenvalue weighted by Gasteiger charge is -2.07. The van der Waals surface area contributed by atoms with E-state index in [4.69, 9.17) is 15.1 Å². The number of para-hydroxylation sites is 1. The predicted octanol–water partition coefficient (Wildman–Crippen LogP) is 2.47. The van der Waals surface area contributed by atoms with Gasteiger partial charge in [-0.05, 0) is 12.1 Å². The average molecular weight is 346 g/mol. The van der Waals surface area contributed by atoms with Crippen molar-refractivity contribution in [3.63, 3.8) is 0 Å². The first-order chi connectivity index (χ1) is 11.6. The minimum atomic E-state index is 0.201. The van der Waals surface area contributed by atoms with Gasteiger partial charge in [-0.1, -0.05) is 42.9 Å². The topological polar surface area (TPSA) is 105 Å². The van der Waals surface area contributed by atoms with Gasteiger partial charge < -0.3 is 15.1 Å². The number of aromatic nitrogens is 5. The standard InChI is InChI=1S/C15H18N6O2S/c1-9(2)14-17-12(20-23-14)8-24-15-19-18-13(21(15)16)10-6-4-5-7-11(10)22-3/h4-7,9H,8,16H2,1-3H3. The first-order valence-electron chi connectivity index (χ1n) is 7.39. The molecule has 3 aromatic rings. The normalized spacial score (nSPS) is 11.2. The van der Waals surface area contributed by atoms with Gasteiger partial charge in [0.05, 0.1) is 18.4 Å². The molecule has 2 N–H and O–H groups in total. The van der Waals surface area contributed by atoms with Crippen LogP contribution in [0.1, 0.15) is 31.5 Å². The van der Waals surface area contributed by atoms with Crippen molar-refractivity contribution in [3.05, 3.63) is 36.0 Å². The van der Waals surface area contributed by atoms with Crippen LogP contribution in [0.25, 0.3) is 11.4 Å². The van der Waals surface area contributed by atoms with E-state index in [0.29, 0.717) is 34.2 Å². The monoisotopic (exact) mass is 346 g/mol. The molecule has 126 valence electrons. The van der Waals surface area contributed by atoms with E-state index in [0.717, 1.165) is 5.56 Å². The number of nitrogen functional groups attached to an aromatic ring is 1. The van der Waals surface area contributed by atoms with Gasteiger partial charge in [0, 0.05) is 5.92 Å². The Hall–Kier alpha value is -2.55. The van der Waals surface area contributed by atoms with Crippen molar-refractivity contribution in [2.75, 3.05) is 13.0 Å². The van der Waals surface area contributed by atoms with Crippen LogP contribution in [-0.2, 0) is 5.75 Å². The van der Waals surface area contributed by atoms with Gasteiger partial charge in [0.25, 0.3) is 0 Å². The van der Waals surface area contributed by atoms with Crippen molar-refractivity contribution in [1.82, 2.24) is 25.0 Å². The Morgan fingerprint density at radius 3 is 2.79 bits per heavy atom. The fourth-order valence-electron chi connectivity index (χ4n) is 2.08. The molecule has 24 heavy (non-hydrogen) atoms. The van der Waals surface area contributed by atoms with Crippen molar-refractivity contribution in [3.8, 4) is 17.1 Å². The van der Waals surface area contributed by atoms with E-state index in [1.54, 1.807) is 7.11 Å². The third-order valence-electron chi connectivity index (χ3n) is 3.32. The third kappa shape index (κ3) is 3.21. The molecule has 8 nitrogen and oxygen atoms in total. The van der Waals surface area contributed by atoms with Crippen LogP contribution in [0.3, 0.4) is 0 Å². The maximum absolute atomic E-state index is 6.13. The Labute approximate surface area is 143 Å². The number of nitrogens with zero attached hydrogens (tertiary/aromatic N) is 5. The second-order valence-electron chi connectivity index (χ2n) is 5.37. The maximum Gasteiger partial charge on any atom is 0.229 e. The van der Waals surface area contributed by atoms with Crippen LogP contribution in [0.5, 0.6) is 5.75 Å². The van der Waals surface area contributed by atoms with Crippen molar-refractivity contribution in [1.29, 1.82) is 0 Å². The number of methoxy groups -OCH3 is 1. The number of nitrogens with two attached hydrogens (primary N) is 1. The Bertz CT molecular complexity index is 829. The molecule has 0 radical (unpaired) electrons. The van der Waals surface area contributed by atoms with Gasteiger partial charge in [0.1, 0.15) is 5.75 Å². The van der Waals surface area contributed by atoms with Gasteiger partial charge in [0.15, 0.2) is 11.6 Å². The van der Waals surface area contributed by atoms with E-state index in [1.165, 1.54) is 16.4 Å². The molecule has 0 aliphatic heterocycles. The van der Waals surface area contributed by atoms with Gasteiger partial charge in [0.2, 0.25) is 11.0 Å². The first-order valence-corrected chi connectivity index (χ1v) is 8.38. The SMILES string of the molecule is COc1ccccc1-c1nnc(SCc2noc(C(C)C)n2)n1N. The Kier molecular flexibility index (Phi) is 4.70. The highest BCUT2D eigenvalue weighted by Crippen LogP contribution is 2.30. The zero-order valence-electron chi connectivity index (χ0n) is 13.6. The number of hydrogen-bond donors (Lipinski definition) is 1. The highest BCUT2D eigenvalue weighted by Gasteiger charge is 2.17. The zero-order chi connectivity index (χ0) is 17.1. The largest absolute Gasteiger partial charge is 0.496 e. The smallest absolute Gasteiger partial charge is 0.229 e. The highest BCUT2D eigenvalue weighted by molar-refractivity contribution is 7.98. The second-order valence-corrected chi connectivity index (χ2v) is 6.31. The van der Waals surface area contributed by atoms with Crippen molar-refractivity contribution < 1.29 is 9.26 Å². The number of hydrogen-bond acceptors (Lipinski definition) is 8. The van der Waals surface area contributed by atoms with Crippen LogP contribution in [-0.4, -0.2) is 32.1 Å². The van der Waals surface area contributed by atoms with Crippen LogP contribution >= 0.6 is 11.8 Å². The van der Waals surface area contributed by atoms with Crippen LogP contribution in [0.2, 0.25) is 0 Å². The van der Waals surface area contributed by atoms with Crippen molar-refractivity contribution in [2.45, 2.75) is 30.7 Å². The summed E-state index contributed by atoms with van der Waals surface area (Å²) in [5, 5.41) is 12.8. The minimum absolute atomic E-state index is 0.201. The molecule has 0 fully saturated rings. The molecule has 0 atom stereocenters. The summed E-state index contributed by atoms with van der Waals surface area (Å²) in [7, 11) is 1.61. The lowest BCUT2D eigenvalue weighted by Crippen LogP contribution is -2.12. The summed E-state index contributed by atoms with van der Waals surface area (Å²) in [6.45, 7) is 4.00. The molecule has 9 heteroatoms. The molecular weight excluding hydrogens is 328 g/mol.